The molecular weight excluding hydrogens is 250 g/mol. The Hall–Kier alpha value is -0.970. The fourth-order valence-corrected chi connectivity index (χ4v) is 3.19. The zero-order valence-electron chi connectivity index (χ0n) is 13.4. The summed E-state index contributed by atoms with van der Waals surface area (Å²) in [4.78, 5) is 2.60. The van der Waals surface area contributed by atoms with Gasteiger partial charge in [0.1, 0.15) is 0 Å². The molecule has 0 radical (unpaired) electrons. The van der Waals surface area contributed by atoms with Crippen molar-refractivity contribution in [3.05, 3.63) is 5.82 Å². The van der Waals surface area contributed by atoms with Crippen molar-refractivity contribution in [3.8, 4) is 0 Å². The molecule has 2 rings (SSSR count). The van der Waals surface area contributed by atoms with Gasteiger partial charge in [-0.1, -0.05) is 27.7 Å². The molecule has 1 aliphatic rings. The number of aryl methyl sites for hydroxylation is 1. The van der Waals surface area contributed by atoms with E-state index in [1.807, 2.05) is 4.68 Å². The van der Waals surface area contributed by atoms with Crippen molar-refractivity contribution < 1.29 is 0 Å². The zero-order chi connectivity index (χ0) is 14.5. The Labute approximate surface area is 122 Å². The Balaban J connectivity index is 2.09. The molecule has 2 atom stereocenters. The van der Waals surface area contributed by atoms with E-state index in [1.165, 1.54) is 25.8 Å². The lowest BCUT2D eigenvalue weighted by atomic mass is 9.95. The summed E-state index contributed by atoms with van der Waals surface area (Å²) in [5.41, 5.74) is 0. The topological polar surface area (TPSA) is 46.8 Å². The minimum absolute atomic E-state index is 0.659. The summed E-state index contributed by atoms with van der Waals surface area (Å²) in [5.74, 6) is 2.55. The minimum atomic E-state index is 0.659. The van der Waals surface area contributed by atoms with Gasteiger partial charge in [-0.05, 0) is 54.5 Å². The highest BCUT2D eigenvalue weighted by atomic mass is 15.5. The first kappa shape index (κ1) is 15.4. The first-order chi connectivity index (χ1) is 9.61. The second-order valence-electron chi connectivity index (χ2n) is 6.57. The molecule has 0 bridgehead atoms. The standard InChI is InChI=1S/C15H29N5/c1-5-9-20-15(16-17-18-20)11-19-10-8-13(4)6-7-14(19)12(2)3/h12-14H,5-11H2,1-4H3. The van der Waals surface area contributed by atoms with E-state index in [1.54, 1.807) is 0 Å². The highest BCUT2D eigenvalue weighted by Crippen LogP contribution is 2.26. The summed E-state index contributed by atoms with van der Waals surface area (Å²) in [7, 11) is 0. The van der Waals surface area contributed by atoms with Crippen molar-refractivity contribution in [3.63, 3.8) is 0 Å². The molecule has 2 unspecified atom stereocenters. The van der Waals surface area contributed by atoms with E-state index in [-0.39, 0.29) is 0 Å². The molecule has 0 aliphatic carbocycles. The molecule has 5 heteroatoms. The van der Waals surface area contributed by atoms with E-state index in [0.717, 1.165) is 31.3 Å². The largest absolute Gasteiger partial charge is 0.293 e. The third-order valence-corrected chi connectivity index (χ3v) is 4.49. The fourth-order valence-electron chi connectivity index (χ4n) is 3.19. The fraction of sp³-hybridized carbons (Fsp3) is 0.933. The van der Waals surface area contributed by atoms with Crippen LogP contribution in [-0.4, -0.2) is 37.7 Å². The van der Waals surface area contributed by atoms with E-state index in [2.05, 4.69) is 48.1 Å². The lowest BCUT2D eigenvalue weighted by Crippen LogP contribution is -2.38. The van der Waals surface area contributed by atoms with Gasteiger partial charge in [0.25, 0.3) is 0 Å². The predicted molar refractivity (Wildman–Crippen MR) is 80.2 cm³/mol. The summed E-state index contributed by atoms with van der Waals surface area (Å²) in [5, 5.41) is 12.2. The van der Waals surface area contributed by atoms with Crippen molar-refractivity contribution in [1.82, 2.24) is 25.1 Å². The Bertz CT molecular complexity index is 401. The molecule has 0 N–H and O–H groups in total. The summed E-state index contributed by atoms with van der Waals surface area (Å²) >= 11 is 0. The summed E-state index contributed by atoms with van der Waals surface area (Å²) < 4.78 is 1.96. The van der Waals surface area contributed by atoms with Crippen LogP contribution < -0.4 is 0 Å². The number of rotatable bonds is 5. The second kappa shape index (κ2) is 7.16. The molecule has 5 nitrogen and oxygen atoms in total. The average molecular weight is 279 g/mol. The molecule has 2 heterocycles. The molecule has 20 heavy (non-hydrogen) atoms. The van der Waals surface area contributed by atoms with E-state index in [4.69, 9.17) is 0 Å². The van der Waals surface area contributed by atoms with Gasteiger partial charge in [-0.15, -0.1) is 5.10 Å². The SMILES string of the molecule is CCCn1nnnc1CN1CCC(C)CCC1C(C)C. The van der Waals surface area contributed by atoms with E-state index in [9.17, 15) is 0 Å². The maximum Gasteiger partial charge on any atom is 0.165 e. The van der Waals surface area contributed by atoms with Gasteiger partial charge in [0, 0.05) is 12.6 Å². The first-order valence-electron chi connectivity index (χ1n) is 8.10. The van der Waals surface area contributed by atoms with Crippen LogP contribution in [-0.2, 0) is 13.1 Å². The summed E-state index contributed by atoms with van der Waals surface area (Å²) in [6, 6.07) is 0.659. The van der Waals surface area contributed by atoms with Crippen LogP contribution in [0.15, 0.2) is 0 Å². The Morgan fingerprint density at radius 2 is 2.05 bits per heavy atom. The normalized spacial score (nSPS) is 25.1. The number of hydrogen-bond acceptors (Lipinski definition) is 4. The summed E-state index contributed by atoms with van der Waals surface area (Å²) in [6.07, 6.45) is 5.01. The molecule has 1 aliphatic heterocycles. The van der Waals surface area contributed by atoms with E-state index in [0.29, 0.717) is 12.0 Å². The molecular formula is C15H29N5. The van der Waals surface area contributed by atoms with Gasteiger partial charge >= 0.3 is 0 Å². The van der Waals surface area contributed by atoms with Crippen molar-refractivity contribution in [2.24, 2.45) is 11.8 Å². The van der Waals surface area contributed by atoms with Crippen LogP contribution in [0.4, 0.5) is 0 Å². The third-order valence-electron chi connectivity index (χ3n) is 4.49. The second-order valence-corrected chi connectivity index (χ2v) is 6.57. The molecule has 1 fully saturated rings. The number of nitrogens with zero attached hydrogens (tertiary/aromatic N) is 5. The number of aromatic nitrogens is 4. The molecule has 1 saturated heterocycles. The Morgan fingerprint density at radius 3 is 2.75 bits per heavy atom. The summed E-state index contributed by atoms with van der Waals surface area (Å²) in [6.45, 7) is 12.2. The van der Waals surface area contributed by atoms with Gasteiger partial charge in [0.2, 0.25) is 0 Å². The number of likely N-dealkylation sites (tertiary alicyclic amines) is 1. The number of tetrazole rings is 1. The van der Waals surface area contributed by atoms with Crippen LogP contribution >= 0.6 is 0 Å². The molecule has 0 amide bonds. The first-order valence-corrected chi connectivity index (χ1v) is 8.10. The molecule has 0 aromatic carbocycles. The van der Waals surface area contributed by atoms with Crippen molar-refractivity contribution >= 4 is 0 Å². The maximum absolute atomic E-state index is 4.23. The predicted octanol–water partition coefficient (Wildman–Crippen LogP) is 2.73. The monoisotopic (exact) mass is 279 g/mol. The average Bonchev–Trinajstić information content (AvgIpc) is 2.74. The van der Waals surface area contributed by atoms with Crippen LogP contribution in [0.25, 0.3) is 0 Å². The minimum Gasteiger partial charge on any atom is -0.293 e. The van der Waals surface area contributed by atoms with E-state index >= 15 is 0 Å². The molecule has 0 saturated carbocycles. The smallest absolute Gasteiger partial charge is 0.165 e. The highest BCUT2D eigenvalue weighted by molar-refractivity contribution is 4.87. The van der Waals surface area contributed by atoms with E-state index < -0.39 is 0 Å². The third kappa shape index (κ3) is 3.78. The van der Waals surface area contributed by atoms with Crippen molar-refractivity contribution in [2.75, 3.05) is 6.54 Å². The van der Waals surface area contributed by atoms with Crippen molar-refractivity contribution in [1.29, 1.82) is 0 Å². The van der Waals surface area contributed by atoms with Gasteiger partial charge in [0.05, 0.1) is 6.54 Å². The van der Waals surface area contributed by atoms with Crippen LogP contribution in [0.2, 0.25) is 0 Å². The Kier molecular flexibility index (Phi) is 5.52. The van der Waals surface area contributed by atoms with Gasteiger partial charge in [-0.25, -0.2) is 4.68 Å². The molecule has 0 spiro atoms. The maximum atomic E-state index is 4.23. The highest BCUT2D eigenvalue weighted by Gasteiger charge is 2.27. The lowest BCUT2D eigenvalue weighted by molar-refractivity contribution is 0.143. The van der Waals surface area contributed by atoms with Crippen LogP contribution in [0.5, 0.6) is 0 Å². The van der Waals surface area contributed by atoms with Gasteiger partial charge in [-0.2, -0.15) is 0 Å². The van der Waals surface area contributed by atoms with Gasteiger partial charge in [0.15, 0.2) is 5.82 Å². The van der Waals surface area contributed by atoms with Gasteiger partial charge < -0.3 is 0 Å². The van der Waals surface area contributed by atoms with Gasteiger partial charge in [-0.3, -0.25) is 4.90 Å². The molecule has 114 valence electrons. The molecule has 1 aromatic rings. The lowest BCUT2D eigenvalue weighted by Gasteiger charge is -2.32. The number of hydrogen-bond donors (Lipinski definition) is 0. The Morgan fingerprint density at radius 1 is 1.25 bits per heavy atom. The zero-order valence-corrected chi connectivity index (χ0v) is 13.4. The van der Waals surface area contributed by atoms with Crippen LogP contribution in [0.1, 0.15) is 59.2 Å². The molecule has 1 aromatic heterocycles. The van der Waals surface area contributed by atoms with Crippen molar-refractivity contribution in [2.45, 2.75) is 72.5 Å². The van der Waals surface area contributed by atoms with Crippen LogP contribution in [0.3, 0.4) is 0 Å². The van der Waals surface area contributed by atoms with Crippen LogP contribution in [0, 0.1) is 11.8 Å². The quantitative estimate of drug-likeness (QED) is 0.831.